The second-order valence-electron chi connectivity index (χ2n) is 3.05. The Morgan fingerprint density at radius 3 is 2.93 bits per heavy atom. The monoisotopic (exact) mass is 204 g/mol. The summed E-state index contributed by atoms with van der Waals surface area (Å²) in [5.74, 6) is 1.55. The van der Waals surface area contributed by atoms with Crippen LogP contribution in [0.2, 0.25) is 0 Å². The highest BCUT2D eigenvalue weighted by Gasteiger charge is 2.06. The first-order chi connectivity index (χ1) is 7.40. The van der Waals surface area contributed by atoms with E-state index >= 15 is 0 Å². The molecule has 0 bridgehead atoms. The predicted molar refractivity (Wildman–Crippen MR) is 54.6 cm³/mol. The molecule has 1 aromatic heterocycles. The number of hydrogen-bond acceptors (Lipinski definition) is 4. The fourth-order valence-corrected chi connectivity index (χ4v) is 1.37. The summed E-state index contributed by atoms with van der Waals surface area (Å²) in [6, 6.07) is 7.86. The number of aromatic amines is 1. The average molecular weight is 204 g/mol. The number of rotatable bonds is 4. The van der Waals surface area contributed by atoms with Crippen molar-refractivity contribution in [3.05, 3.63) is 35.7 Å². The van der Waals surface area contributed by atoms with Crippen LogP contribution >= 0.6 is 0 Å². The highest BCUT2D eigenvalue weighted by molar-refractivity contribution is 5.35. The van der Waals surface area contributed by atoms with E-state index in [0.717, 1.165) is 11.3 Å². The van der Waals surface area contributed by atoms with Gasteiger partial charge in [0.15, 0.2) is 5.82 Å². The number of H-pyrrole nitrogens is 1. The van der Waals surface area contributed by atoms with Crippen molar-refractivity contribution in [2.24, 2.45) is 0 Å². The Morgan fingerprint density at radius 1 is 1.33 bits per heavy atom. The summed E-state index contributed by atoms with van der Waals surface area (Å²) in [5, 5.41) is 13.8. The van der Waals surface area contributed by atoms with Gasteiger partial charge in [0.1, 0.15) is 5.75 Å². The van der Waals surface area contributed by atoms with Crippen molar-refractivity contribution in [3.8, 4) is 5.75 Å². The quantitative estimate of drug-likeness (QED) is 0.812. The van der Waals surface area contributed by atoms with Crippen LogP contribution < -0.4 is 4.74 Å². The molecule has 1 aromatic carbocycles. The Morgan fingerprint density at radius 2 is 2.20 bits per heavy atom. The summed E-state index contributed by atoms with van der Waals surface area (Å²) in [6.45, 7) is 2.62. The maximum absolute atomic E-state index is 5.50. The molecular weight excluding hydrogens is 192 g/mol. The molecule has 5 nitrogen and oxygen atoms in total. The molecule has 5 heteroatoms. The molecule has 2 rings (SSSR count). The summed E-state index contributed by atoms with van der Waals surface area (Å²) >= 11 is 0. The summed E-state index contributed by atoms with van der Waals surface area (Å²) in [7, 11) is 0. The fraction of sp³-hybridized carbons (Fsp3) is 0.300. The first-order valence-corrected chi connectivity index (χ1v) is 4.83. The minimum absolute atomic E-state index is 0.632. The second kappa shape index (κ2) is 4.54. The van der Waals surface area contributed by atoms with E-state index in [2.05, 4.69) is 20.6 Å². The van der Waals surface area contributed by atoms with Crippen LogP contribution in [-0.4, -0.2) is 27.2 Å². The van der Waals surface area contributed by atoms with Gasteiger partial charge in [0, 0.05) is 12.0 Å². The minimum atomic E-state index is 0.632. The van der Waals surface area contributed by atoms with E-state index in [1.54, 1.807) is 0 Å². The zero-order chi connectivity index (χ0) is 10.5. The number of nitrogens with zero attached hydrogens (tertiary/aromatic N) is 3. The summed E-state index contributed by atoms with van der Waals surface area (Å²) in [5.41, 5.74) is 1.07. The SMILES string of the molecule is CCOc1ccccc1Cc1nn[nH]n1. The van der Waals surface area contributed by atoms with Gasteiger partial charge in [0.2, 0.25) is 0 Å². The Bertz CT molecular complexity index is 413. The lowest BCUT2D eigenvalue weighted by molar-refractivity contribution is 0.337. The normalized spacial score (nSPS) is 10.2. The van der Waals surface area contributed by atoms with Crippen molar-refractivity contribution >= 4 is 0 Å². The zero-order valence-electron chi connectivity index (χ0n) is 8.47. The van der Waals surface area contributed by atoms with E-state index in [9.17, 15) is 0 Å². The third-order valence-corrected chi connectivity index (χ3v) is 2.01. The maximum atomic E-state index is 5.50. The predicted octanol–water partition coefficient (Wildman–Crippen LogP) is 1.19. The van der Waals surface area contributed by atoms with Gasteiger partial charge in [-0.15, -0.1) is 10.2 Å². The molecule has 1 heterocycles. The number of nitrogens with one attached hydrogen (secondary N) is 1. The van der Waals surface area contributed by atoms with Crippen molar-refractivity contribution in [1.82, 2.24) is 20.6 Å². The molecule has 0 radical (unpaired) electrons. The van der Waals surface area contributed by atoms with Crippen LogP contribution in [0, 0.1) is 0 Å². The van der Waals surface area contributed by atoms with Crippen LogP contribution in [0.5, 0.6) is 5.75 Å². The molecule has 15 heavy (non-hydrogen) atoms. The molecule has 78 valence electrons. The lowest BCUT2D eigenvalue weighted by atomic mass is 10.1. The Labute approximate surface area is 87.5 Å². The van der Waals surface area contributed by atoms with Crippen molar-refractivity contribution in [2.45, 2.75) is 13.3 Å². The first-order valence-electron chi connectivity index (χ1n) is 4.83. The van der Waals surface area contributed by atoms with Gasteiger partial charge in [-0.25, -0.2) is 0 Å². The third-order valence-electron chi connectivity index (χ3n) is 2.01. The van der Waals surface area contributed by atoms with E-state index < -0.39 is 0 Å². The van der Waals surface area contributed by atoms with Gasteiger partial charge in [0.05, 0.1) is 6.61 Å². The highest BCUT2D eigenvalue weighted by atomic mass is 16.5. The summed E-state index contributed by atoms with van der Waals surface area (Å²) in [6.07, 6.45) is 0.632. The van der Waals surface area contributed by atoms with E-state index in [-0.39, 0.29) is 0 Å². The van der Waals surface area contributed by atoms with Crippen LogP contribution in [0.1, 0.15) is 18.3 Å². The fourth-order valence-electron chi connectivity index (χ4n) is 1.37. The molecule has 1 N–H and O–H groups in total. The van der Waals surface area contributed by atoms with Crippen molar-refractivity contribution in [3.63, 3.8) is 0 Å². The van der Waals surface area contributed by atoms with Crippen molar-refractivity contribution in [1.29, 1.82) is 0 Å². The maximum Gasteiger partial charge on any atom is 0.179 e. The van der Waals surface area contributed by atoms with Crippen LogP contribution in [0.25, 0.3) is 0 Å². The Hall–Kier alpha value is -1.91. The molecule has 2 aromatic rings. The van der Waals surface area contributed by atoms with Gasteiger partial charge in [-0.3, -0.25) is 0 Å². The lowest BCUT2D eigenvalue weighted by Crippen LogP contribution is -1.98. The molecule has 0 unspecified atom stereocenters. The number of para-hydroxylation sites is 1. The molecule has 0 spiro atoms. The van der Waals surface area contributed by atoms with E-state index in [1.165, 1.54) is 0 Å². The van der Waals surface area contributed by atoms with Crippen LogP contribution in [0.3, 0.4) is 0 Å². The standard InChI is InChI=1S/C10H12N4O/c1-2-15-9-6-4-3-5-8(9)7-10-11-13-14-12-10/h3-6H,2,7H2,1H3,(H,11,12,13,14). The molecular formula is C10H12N4O. The number of benzene rings is 1. The molecule has 0 saturated carbocycles. The van der Waals surface area contributed by atoms with E-state index in [1.807, 2.05) is 31.2 Å². The molecule has 0 aliphatic heterocycles. The summed E-state index contributed by atoms with van der Waals surface area (Å²) < 4.78 is 5.50. The van der Waals surface area contributed by atoms with Crippen LogP contribution in [0.15, 0.2) is 24.3 Å². The number of aromatic nitrogens is 4. The van der Waals surface area contributed by atoms with Crippen LogP contribution in [0.4, 0.5) is 0 Å². The molecule has 0 atom stereocenters. The second-order valence-corrected chi connectivity index (χ2v) is 3.05. The number of tetrazole rings is 1. The first kappa shape index (κ1) is 9.64. The molecule has 0 saturated heterocycles. The van der Waals surface area contributed by atoms with Gasteiger partial charge in [-0.2, -0.15) is 5.21 Å². The van der Waals surface area contributed by atoms with Crippen molar-refractivity contribution in [2.75, 3.05) is 6.61 Å². The van der Waals surface area contributed by atoms with Gasteiger partial charge < -0.3 is 4.74 Å². The summed E-state index contributed by atoms with van der Waals surface area (Å²) in [4.78, 5) is 0. The Kier molecular flexibility index (Phi) is 2.92. The largest absolute Gasteiger partial charge is 0.494 e. The van der Waals surface area contributed by atoms with Crippen molar-refractivity contribution < 1.29 is 4.74 Å². The third kappa shape index (κ3) is 2.31. The Balaban J connectivity index is 2.20. The van der Waals surface area contributed by atoms with Gasteiger partial charge in [-0.1, -0.05) is 23.4 Å². The number of ether oxygens (including phenoxy) is 1. The zero-order valence-corrected chi connectivity index (χ0v) is 8.47. The van der Waals surface area contributed by atoms with Gasteiger partial charge >= 0.3 is 0 Å². The minimum Gasteiger partial charge on any atom is -0.494 e. The topological polar surface area (TPSA) is 63.7 Å². The van der Waals surface area contributed by atoms with Gasteiger partial charge in [-0.05, 0) is 13.0 Å². The van der Waals surface area contributed by atoms with E-state index in [4.69, 9.17) is 4.74 Å². The lowest BCUT2D eigenvalue weighted by Gasteiger charge is -2.07. The molecule has 0 fully saturated rings. The van der Waals surface area contributed by atoms with Gasteiger partial charge in [0.25, 0.3) is 0 Å². The van der Waals surface area contributed by atoms with Crippen LogP contribution in [-0.2, 0) is 6.42 Å². The van der Waals surface area contributed by atoms with E-state index in [0.29, 0.717) is 18.9 Å². The smallest absolute Gasteiger partial charge is 0.179 e. The average Bonchev–Trinajstić information content (AvgIpc) is 2.74. The highest BCUT2D eigenvalue weighted by Crippen LogP contribution is 2.19. The molecule has 0 aliphatic carbocycles. The number of hydrogen-bond donors (Lipinski definition) is 1. The molecule has 0 amide bonds. The molecule has 0 aliphatic rings.